The highest BCUT2D eigenvalue weighted by atomic mass is 16.5. The molecule has 0 aromatic carbocycles. The summed E-state index contributed by atoms with van der Waals surface area (Å²) < 4.78 is 5.16. The quantitative estimate of drug-likeness (QED) is 0.392. The van der Waals surface area contributed by atoms with E-state index in [1.54, 1.807) is 0 Å². The van der Waals surface area contributed by atoms with Crippen molar-refractivity contribution in [3.05, 3.63) is 0 Å². The second kappa shape index (κ2) is 17.0. The first-order chi connectivity index (χ1) is 9.66. The number of carboxylic acids is 1. The smallest absolute Gasteiger partial charge is 0.305 e. The van der Waals surface area contributed by atoms with Crippen LogP contribution in [0.3, 0.4) is 0 Å². The van der Waals surface area contributed by atoms with E-state index in [4.69, 9.17) is 9.84 Å². The molecule has 0 bridgehead atoms. The molecule has 0 saturated heterocycles. The van der Waals surface area contributed by atoms with E-state index in [9.17, 15) is 9.59 Å². The molecule has 0 aliphatic heterocycles. The summed E-state index contributed by atoms with van der Waals surface area (Å²) in [5, 5.41) is 8.48. The largest absolute Gasteiger partial charge is 0.481 e. The van der Waals surface area contributed by atoms with Gasteiger partial charge in [-0.05, 0) is 19.3 Å². The van der Waals surface area contributed by atoms with Crippen molar-refractivity contribution in [2.75, 3.05) is 6.61 Å². The monoisotopic (exact) mass is 304 g/mol. The van der Waals surface area contributed by atoms with E-state index in [1.807, 2.05) is 0 Å². The Morgan fingerprint density at radius 3 is 1.90 bits per heavy atom. The molecule has 0 atom stereocenters. The van der Waals surface area contributed by atoms with Crippen molar-refractivity contribution in [3.8, 4) is 0 Å². The molecule has 0 aliphatic rings. The van der Waals surface area contributed by atoms with E-state index >= 15 is 0 Å². The van der Waals surface area contributed by atoms with Crippen molar-refractivity contribution in [2.45, 2.75) is 84.0 Å². The zero-order valence-electron chi connectivity index (χ0n) is 13.4. The van der Waals surface area contributed by atoms with Gasteiger partial charge < -0.3 is 15.3 Å². The van der Waals surface area contributed by atoms with Gasteiger partial charge in [0.15, 0.2) is 0 Å². The Bertz CT molecular complexity index is 253. The van der Waals surface area contributed by atoms with Gasteiger partial charge in [0.2, 0.25) is 0 Å². The Morgan fingerprint density at radius 1 is 0.810 bits per heavy atom. The summed E-state index contributed by atoms with van der Waals surface area (Å²) in [5.74, 6) is -0.793. The van der Waals surface area contributed by atoms with Crippen molar-refractivity contribution in [3.63, 3.8) is 0 Å². The molecule has 0 aromatic heterocycles. The first kappa shape index (κ1) is 22.2. The number of hydrogen-bond acceptors (Lipinski definition) is 3. The number of ether oxygens (including phenoxy) is 1. The van der Waals surface area contributed by atoms with Gasteiger partial charge in [0.05, 0.1) is 6.61 Å². The molecule has 0 aromatic rings. The van der Waals surface area contributed by atoms with Crippen LogP contribution in [0.15, 0.2) is 0 Å². The van der Waals surface area contributed by atoms with Gasteiger partial charge in [-0.3, -0.25) is 9.59 Å². The fraction of sp³-hybridized carbons (Fsp3) is 0.875. The minimum atomic E-state index is -0.716. The van der Waals surface area contributed by atoms with Crippen LogP contribution in [0.5, 0.6) is 0 Å². The molecule has 0 rings (SSSR count). The molecule has 21 heavy (non-hydrogen) atoms. The highest BCUT2D eigenvalue weighted by molar-refractivity contribution is 5.69. The van der Waals surface area contributed by atoms with Crippen molar-refractivity contribution in [2.24, 2.45) is 0 Å². The van der Waals surface area contributed by atoms with Gasteiger partial charge in [0.1, 0.15) is 0 Å². The van der Waals surface area contributed by atoms with Gasteiger partial charge in [0, 0.05) is 12.8 Å². The molecule has 5 heteroatoms. The number of carboxylic acid groups (broad SMARTS) is 1. The molecule has 0 heterocycles. The molecule has 0 amide bonds. The van der Waals surface area contributed by atoms with Crippen LogP contribution in [-0.2, 0) is 14.3 Å². The fourth-order valence-corrected chi connectivity index (χ4v) is 2.04. The lowest BCUT2D eigenvalue weighted by atomic mass is 10.1. The Hall–Kier alpha value is -1.10. The van der Waals surface area contributed by atoms with Crippen molar-refractivity contribution in [1.29, 1.82) is 0 Å². The zero-order chi connectivity index (χ0) is 15.1. The summed E-state index contributed by atoms with van der Waals surface area (Å²) in [4.78, 5) is 21.7. The number of hydrogen-bond donors (Lipinski definition) is 1. The minimum absolute atomic E-state index is 0. The maximum atomic E-state index is 11.4. The van der Waals surface area contributed by atoms with Crippen molar-refractivity contribution < 1.29 is 24.9 Å². The normalized spacial score (nSPS) is 9.95. The van der Waals surface area contributed by atoms with Crippen LogP contribution < -0.4 is 0 Å². The third-order valence-corrected chi connectivity index (χ3v) is 3.28. The van der Waals surface area contributed by atoms with Gasteiger partial charge in [-0.2, -0.15) is 0 Å². The lowest BCUT2D eigenvalue weighted by Crippen LogP contribution is -2.05. The lowest BCUT2D eigenvalue weighted by molar-refractivity contribution is -0.144. The minimum Gasteiger partial charge on any atom is -0.481 e. The number of unbranched alkanes of at least 4 members (excludes halogenated alkanes) is 8. The Morgan fingerprint density at radius 2 is 1.33 bits per heavy atom. The first-order valence-electron chi connectivity index (χ1n) is 8.04. The predicted octanol–water partition coefficient (Wildman–Crippen LogP) is 3.49. The van der Waals surface area contributed by atoms with Crippen molar-refractivity contribution in [1.82, 2.24) is 0 Å². The number of aliphatic carboxylic acids is 1. The second-order valence-electron chi connectivity index (χ2n) is 5.30. The maximum absolute atomic E-state index is 11.4. The standard InChI is InChI=1S/C16H30O4.H2O/c1-2-3-4-11-14-20-16(19)13-10-8-6-5-7-9-12-15(17)18;/h2-14H2,1H3,(H,17,18);1H2. The van der Waals surface area contributed by atoms with Crippen LogP contribution in [0, 0.1) is 0 Å². The van der Waals surface area contributed by atoms with Crippen LogP contribution >= 0.6 is 0 Å². The van der Waals surface area contributed by atoms with E-state index in [1.165, 1.54) is 12.8 Å². The first-order valence-corrected chi connectivity index (χ1v) is 8.04. The van der Waals surface area contributed by atoms with Gasteiger partial charge >= 0.3 is 11.9 Å². The van der Waals surface area contributed by atoms with Gasteiger partial charge in [0.25, 0.3) is 0 Å². The van der Waals surface area contributed by atoms with Crippen molar-refractivity contribution >= 4 is 11.9 Å². The third-order valence-electron chi connectivity index (χ3n) is 3.28. The van der Waals surface area contributed by atoms with Gasteiger partial charge in [-0.15, -0.1) is 0 Å². The molecule has 126 valence electrons. The number of rotatable bonds is 14. The Kier molecular flexibility index (Phi) is 17.9. The molecule has 0 radical (unpaired) electrons. The summed E-state index contributed by atoms with van der Waals surface area (Å²) in [5.41, 5.74) is 0. The number of esters is 1. The number of carbonyl (C=O) groups is 2. The highest BCUT2D eigenvalue weighted by Gasteiger charge is 2.02. The Balaban J connectivity index is 0. The topological polar surface area (TPSA) is 95.1 Å². The third kappa shape index (κ3) is 18.9. The SMILES string of the molecule is CCCCCCOC(=O)CCCCCCCCC(=O)O.O. The summed E-state index contributed by atoms with van der Waals surface area (Å²) in [6.45, 7) is 2.72. The summed E-state index contributed by atoms with van der Waals surface area (Å²) in [6, 6.07) is 0. The van der Waals surface area contributed by atoms with E-state index in [0.717, 1.165) is 51.4 Å². The zero-order valence-corrected chi connectivity index (χ0v) is 13.4. The number of carbonyl (C=O) groups excluding carboxylic acids is 1. The summed E-state index contributed by atoms with van der Waals surface area (Å²) in [6.07, 6.45) is 11.1. The lowest BCUT2D eigenvalue weighted by Gasteiger charge is -2.04. The average molecular weight is 304 g/mol. The molecule has 0 fully saturated rings. The molecular weight excluding hydrogens is 272 g/mol. The maximum Gasteiger partial charge on any atom is 0.305 e. The predicted molar refractivity (Wildman–Crippen MR) is 83.3 cm³/mol. The fourth-order valence-electron chi connectivity index (χ4n) is 2.04. The van der Waals surface area contributed by atoms with E-state index < -0.39 is 5.97 Å². The highest BCUT2D eigenvalue weighted by Crippen LogP contribution is 2.09. The van der Waals surface area contributed by atoms with Gasteiger partial charge in [-0.1, -0.05) is 51.9 Å². The van der Waals surface area contributed by atoms with E-state index in [-0.39, 0.29) is 17.9 Å². The van der Waals surface area contributed by atoms with Gasteiger partial charge in [-0.25, -0.2) is 0 Å². The molecular formula is C16H32O5. The molecule has 0 unspecified atom stereocenters. The average Bonchev–Trinajstić information content (AvgIpc) is 2.41. The summed E-state index contributed by atoms with van der Waals surface area (Å²) in [7, 11) is 0. The Labute approximate surface area is 128 Å². The molecule has 0 saturated carbocycles. The molecule has 0 spiro atoms. The van der Waals surface area contributed by atoms with E-state index in [2.05, 4.69) is 6.92 Å². The van der Waals surface area contributed by atoms with Crippen LogP contribution in [0.2, 0.25) is 0 Å². The van der Waals surface area contributed by atoms with Crippen LogP contribution in [-0.4, -0.2) is 29.1 Å². The molecule has 3 N–H and O–H groups in total. The van der Waals surface area contributed by atoms with Crippen LogP contribution in [0.25, 0.3) is 0 Å². The summed E-state index contributed by atoms with van der Waals surface area (Å²) >= 11 is 0. The van der Waals surface area contributed by atoms with Crippen LogP contribution in [0.1, 0.15) is 84.0 Å². The molecule has 0 aliphatic carbocycles. The second-order valence-corrected chi connectivity index (χ2v) is 5.30. The van der Waals surface area contributed by atoms with E-state index in [0.29, 0.717) is 13.0 Å². The van der Waals surface area contributed by atoms with Crippen LogP contribution in [0.4, 0.5) is 0 Å². The molecule has 5 nitrogen and oxygen atoms in total.